The lowest BCUT2D eigenvalue weighted by Crippen LogP contribution is -2.34. The topological polar surface area (TPSA) is 17.1 Å². The normalized spacial score (nSPS) is 23.4. The standard InChI is InChI=1S/C16H22O/c1-12-7-9-13(10-8-12)15(17)14-6-4-5-11-16(14,2)3/h7-10,14H,4-6,11H2,1-3H3. The zero-order valence-corrected chi connectivity index (χ0v) is 11.1. The Morgan fingerprint density at radius 2 is 1.82 bits per heavy atom. The van der Waals surface area contributed by atoms with Gasteiger partial charge in [-0.15, -0.1) is 0 Å². The minimum absolute atomic E-state index is 0.167. The van der Waals surface area contributed by atoms with Gasteiger partial charge in [0, 0.05) is 11.5 Å². The second-order valence-electron chi connectivity index (χ2n) is 6.02. The van der Waals surface area contributed by atoms with Gasteiger partial charge in [-0.2, -0.15) is 0 Å². The van der Waals surface area contributed by atoms with E-state index in [1.54, 1.807) is 0 Å². The Morgan fingerprint density at radius 3 is 2.41 bits per heavy atom. The number of benzene rings is 1. The number of carbonyl (C=O) groups is 1. The largest absolute Gasteiger partial charge is 0.294 e. The molecule has 92 valence electrons. The zero-order valence-electron chi connectivity index (χ0n) is 11.1. The first-order valence-electron chi connectivity index (χ1n) is 6.61. The molecule has 0 radical (unpaired) electrons. The Balaban J connectivity index is 2.21. The lowest BCUT2D eigenvalue weighted by Gasteiger charge is -2.37. The number of ketones is 1. The number of Topliss-reactive ketones (excluding diaryl/α,β-unsaturated/α-hetero) is 1. The monoisotopic (exact) mass is 230 g/mol. The maximum atomic E-state index is 12.5. The van der Waals surface area contributed by atoms with Crippen molar-refractivity contribution in [1.82, 2.24) is 0 Å². The van der Waals surface area contributed by atoms with Gasteiger partial charge < -0.3 is 0 Å². The van der Waals surface area contributed by atoms with Gasteiger partial charge in [0.25, 0.3) is 0 Å². The predicted molar refractivity (Wildman–Crippen MR) is 71.2 cm³/mol. The molecule has 0 aromatic heterocycles. The van der Waals surface area contributed by atoms with Crippen molar-refractivity contribution < 1.29 is 4.79 Å². The van der Waals surface area contributed by atoms with Gasteiger partial charge in [0.15, 0.2) is 5.78 Å². The minimum Gasteiger partial charge on any atom is -0.294 e. The molecule has 0 aliphatic heterocycles. The van der Waals surface area contributed by atoms with Crippen LogP contribution >= 0.6 is 0 Å². The van der Waals surface area contributed by atoms with E-state index in [0.29, 0.717) is 5.78 Å². The molecule has 1 aromatic carbocycles. The summed E-state index contributed by atoms with van der Waals surface area (Å²) in [6.07, 6.45) is 4.70. The van der Waals surface area contributed by atoms with Crippen molar-refractivity contribution in [3.8, 4) is 0 Å². The van der Waals surface area contributed by atoms with Gasteiger partial charge in [0.2, 0.25) is 0 Å². The van der Waals surface area contributed by atoms with E-state index in [9.17, 15) is 4.79 Å². The summed E-state index contributed by atoms with van der Waals surface area (Å²) >= 11 is 0. The van der Waals surface area contributed by atoms with Crippen molar-refractivity contribution in [1.29, 1.82) is 0 Å². The van der Waals surface area contributed by atoms with Gasteiger partial charge in [0.05, 0.1) is 0 Å². The molecule has 17 heavy (non-hydrogen) atoms. The van der Waals surface area contributed by atoms with Crippen LogP contribution in [-0.2, 0) is 0 Å². The molecule has 1 nitrogen and oxygen atoms in total. The van der Waals surface area contributed by atoms with Gasteiger partial charge >= 0.3 is 0 Å². The summed E-state index contributed by atoms with van der Waals surface area (Å²) in [5.41, 5.74) is 2.26. The molecular weight excluding hydrogens is 208 g/mol. The van der Waals surface area contributed by atoms with Crippen molar-refractivity contribution in [2.75, 3.05) is 0 Å². The predicted octanol–water partition coefficient (Wildman–Crippen LogP) is 4.39. The molecule has 0 bridgehead atoms. The van der Waals surface area contributed by atoms with Gasteiger partial charge in [-0.25, -0.2) is 0 Å². The molecule has 1 atom stereocenters. The fourth-order valence-electron chi connectivity index (χ4n) is 2.90. The Labute approximate surface area is 104 Å². The third-order valence-corrected chi connectivity index (χ3v) is 4.16. The molecule has 1 unspecified atom stereocenters. The highest BCUT2D eigenvalue weighted by atomic mass is 16.1. The first kappa shape index (κ1) is 12.3. The SMILES string of the molecule is Cc1ccc(C(=O)C2CCCCC2(C)C)cc1. The Hall–Kier alpha value is -1.11. The fraction of sp³-hybridized carbons (Fsp3) is 0.562. The molecule has 0 amide bonds. The number of hydrogen-bond acceptors (Lipinski definition) is 1. The maximum absolute atomic E-state index is 12.5. The average molecular weight is 230 g/mol. The van der Waals surface area contributed by atoms with Crippen molar-refractivity contribution in [2.45, 2.75) is 46.5 Å². The molecule has 2 rings (SSSR count). The van der Waals surface area contributed by atoms with Crippen LogP contribution in [0.25, 0.3) is 0 Å². The summed E-state index contributed by atoms with van der Waals surface area (Å²) in [5.74, 6) is 0.550. The van der Waals surface area contributed by atoms with Crippen LogP contribution in [0.1, 0.15) is 55.5 Å². The molecule has 0 saturated heterocycles. The summed E-state index contributed by atoms with van der Waals surface area (Å²) in [7, 11) is 0. The van der Waals surface area contributed by atoms with E-state index < -0.39 is 0 Å². The third-order valence-electron chi connectivity index (χ3n) is 4.16. The summed E-state index contributed by atoms with van der Waals surface area (Å²) < 4.78 is 0. The highest BCUT2D eigenvalue weighted by Crippen LogP contribution is 2.42. The van der Waals surface area contributed by atoms with Crippen LogP contribution < -0.4 is 0 Å². The van der Waals surface area contributed by atoms with Crippen LogP contribution in [0.2, 0.25) is 0 Å². The molecule has 1 aliphatic rings. The van der Waals surface area contributed by atoms with E-state index in [1.807, 2.05) is 24.3 Å². The molecular formula is C16H22O. The van der Waals surface area contributed by atoms with Crippen LogP contribution in [0.5, 0.6) is 0 Å². The van der Waals surface area contributed by atoms with Gasteiger partial charge in [-0.05, 0) is 25.2 Å². The fourth-order valence-corrected chi connectivity index (χ4v) is 2.90. The van der Waals surface area contributed by atoms with Crippen molar-refractivity contribution in [2.24, 2.45) is 11.3 Å². The van der Waals surface area contributed by atoms with Crippen LogP contribution in [0.3, 0.4) is 0 Å². The van der Waals surface area contributed by atoms with Crippen LogP contribution in [0, 0.1) is 18.3 Å². The average Bonchev–Trinajstić information content (AvgIpc) is 2.28. The highest BCUT2D eigenvalue weighted by molar-refractivity contribution is 5.98. The van der Waals surface area contributed by atoms with E-state index in [-0.39, 0.29) is 11.3 Å². The van der Waals surface area contributed by atoms with Gasteiger partial charge in [-0.1, -0.05) is 56.5 Å². The smallest absolute Gasteiger partial charge is 0.166 e. The van der Waals surface area contributed by atoms with E-state index in [4.69, 9.17) is 0 Å². The molecule has 1 fully saturated rings. The Bertz CT molecular complexity index is 400. The quantitative estimate of drug-likeness (QED) is 0.688. The minimum atomic E-state index is 0.167. The summed E-state index contributed by atoms with van der Waals surface area (Å²) in [6.45, 7) is 6.53. The molecule has 1 heteroatoms. The highest BCUT2D eigenvalue weighted by Gasteiger charge is 2.37. The first-order chi connectivity index (χ1) is 8.00. The molecule has 1 aromatic rings. The number of hydrogen-bond donors (Lipinski definition) is 0. The lowest BCUT2D eigenvalue weighted by molar-refractivity contribution is 0.0697. The Morgan fingerprint density at radius 1 is 1.18 bits per heavy atom. The third kappa shape index (κ3) is 2.59. The van der Waals surface area contributed by atoms with Crippen molar-refractivity contribution in [3.63, 3.8) is 0 Å². The zero-order chi connectivity index (χ0) is 12.5. The van der Waals surface area contributed by atoms with Gasteiger partial charge in [0.1, 0.15) is 0 Å². The van der Waals surface area contributed by atoms with Gasteiger partial charge in [-0.3, -0.25) is 4.79 Å². The molecule has 1 saturated carbocycles. The van der Waals surface area contributed by atoms with Crippen LogP contribution in [-0.4, -0.2) is 5.78 Å². The number of rotatable bonds is 2. The summed E-state index contributed by atoms with van der Waals surface area (Å²) in [4.78, 5) is 12.5. The summed E-state index contributed by atoms with van der Waals surface area (Å²) in [6, 6.07) is 8.01. The van der Waals surface area contributed by atoms with Crippen LogP contribution in [0.4, 0.5) is 0 Å². The van der Waals surface area contributed by atoms with E-state index in [0.717, 1.165) is 12.0 Å². The molecule has 0 N–H and O–H groups in total. The van der Waals surface area contributed by atoms with E-state index >= 15 is 0 Å². The van der Waals surface area contributed by atoms with Crippen molar-refractivity contribution in [3.05, 3.63) is 35.4 Å². The Kier molecular flexibility index (Phi) is 3.37. The second-order valence-corrected chi connectivity index (χ2v) is 6.02. The molecule has 0 spiro atoms. The summed E-state index contributed by atoms with van der Waals surface area (Å²) in [5, 5.41) is 0. The first-order valence-corrected chi connectivity index (χ1v) is 6.61. The van der Waals surface area contributed by atoms with Crippen LogP contribution in [0.15, 0.2) is 24.3 Å². The molecule has 0 heterocycles. The second kappa shape index (κ2) is 4.64. The molecule has 1 aliphatic carbocycles. The van der Waals surface area contributed by atoms with Crippen molar-refractivity contribution >= 4 is 5.78 Å². The lowest BCUT2D eigenvalue weighted by atomic mass is 9.66. The number of aryl methyl sites for hydroxylation is 1. The van der Waals surface area contributed by atoms with E-state index in [2.05, 4.69) is 20.8 Å². The number of carbonyl (C=O) groups excluding carboxylic acids is 1. The maximum Gasteiger partial charge on any atom is 0.166 e. The van der Waals surface area contributed by atoms with E-state index in [1.165, 1.54) is 24.8 Å².